The maximum absolute atomic E-state index is 12.0. The van der Waals surface area contributed by atoms with E-state index in [-0.39, 0.29) is 5.69 Å². The molecule has 2 aromatic carbocycles. The molecule has 0 spiro atoms. The molecular weight excluding hydrogens is 384 g/mol. The number of nitro groups is 2. The van der Waals surface area contributed by atoms with E-state index in [1.807, 2.05) is 12.1 Å². The van der Waals surface area contributed by atoms with Gasteiger partial charge in [-0.25, -0.2) is 4.79 Å². The van der Waals surface area contributed by atoms with E-state index < -0.39 is 27.3 Å². The van der Waals surface area contributed by atoms with Gasteiger partial charge in [-0.15, -0.1) is 0 Å². The molecule has 0 unspecified atom stereocenters. The van der Waals surface area contributed by atoms with Crippen LogP contribution in [0.25, 0.3) is 0 Å². The Morgan fingerprint density at radius 3 is 2.31 bits per heavy atom. The van der Waals surface area contributed by atoms with Gasteiger partial charge in [0.1, 0.15) is 5.69 Å². The van der Waals surface area contributed by atoms with Crippen LogP contribution in [0.1, 0.15) is 0 Å². The Labute approximate surface area is 164 Å². The number of nitrogens with zero attached hydrogens (tertiary/aromatic N) is 3. The smallest absolute Gasteiger partial charge is 0.337 e. The minimum Gasteiger partial charge on any atom is -0.378 e. The molecule has 2 amide bonds. The molecule has 0 aliphatic carbocycles. The average molecular weight is 402 g/mol. The van der Waals surface area contributed by atoms with E-state index in [9.17, 15) is 25.0 Å². The van der Waals surface area contributed by atoms with Crippen LogP contribution in [-0.2, 0) is 4.74 Å². The predicted molar refractivity (Wildman–Crippen MR) is 105 cm³/mol. The molecule has 3 rings (SSSR count). The number of non-ortho nitro benzene ring substituents is 1. The lowest BCUT2D eigenvalue weighted by atomic mass is 10.2. The van der Waals surface area contributed by atoms with Gasteiger partial charge in [0.2, 0.25) is 0 Å². The number of urea groups is 1. The van der Waals surface area contributed by atoms with Gasteiger partial charge >= 0.3 is 11.7 Å². The van der Waals surface area contributed by atoms with Gasteiger partial charge in [-0.2, -0.15) is 0 Å². The molecule has 0 radical (unpaired) electrons. The highest BCUT2D eigenvalue weighted by Crippen LogP contribution is 2.28. The summed E-state index contributed by atoms with van der Waals surface area (Å²) in [4.78, 5) is 34.5. The predicted octanol–water partition coefficient (Wildman–Crippen LogP) is 2.49. The molecule has 12 heteroatoms. The molecule has 0 bridgehead atoms. The third-order valence-electron chi connectivity index (χ3n) is 4.20. The highest BCUT2D eigenvalue weighted by atomic mass is 16.6. The second-order valence-electron chi connectivity index (χ2n) is 6.07. The molecule has 2 aromatic rings. The monoisotopic (exact) mass is 402 g/mol. The van der Waals surface area contributed by atoms with Crippen molar-refractivity contribution in [2.75, 3.05) is 41.9 Å². The summed E-state index contributed by atoms with van der Waals surface area (Å²) in [6.07, 6.45) is 0. The van der Waals surface area contributed by atoms with Gasteiger partial charge in [0, 0.05) is 30.5 Å². The number of hydrogen-bond acceptors (Lipinski definition) is 8. The maximum atomic E-state index is 12.0. The number of morpholine rings is 1. The van der Waals surface area contributed by atoms with E-state index in [1.54, 1.807) is 12.1 Å². The summed E-state index contributed by atoms with van der Waals surface area (Å²) in [5.74, 6) is 0. The highest BCUT2D eigenvalue weighted by Gasteiger charge is 2.19. The number of anilines is 3. The number of carbonyl (C=O) groups is 1. The van der Waals surface area contributed by atoms with Crippen LogP contribution in [0.5, 0.6) is 0 Å². The lowest BCUT2D eigenvalue weighted by molar-refractivity contribution is -0.393. The Hall–Kier alpha value is -3.93. The number of nitrogens with one attached hydrogen (secondary N) is 3. The van der Waals surface area contributed by atoms with Crippen LogP contribution in [0.4, 0.5) is 33.2 Å². The zero-order chi connectivity index (χ0) is 20.8. The van der Waals surface area contributed by atoms with Crippen molar-refractivity contribution in [1.29, 1.82) is 0 Å². The fourth-order valence-electron chi connectivity index (χ4n) is 2.75. The maximum Gasteiger partial charge on any atom is 0.337 e. The van der Waals surface area contributed by atoms with E-state index in [1.165, 1.54) is 0 Å². The molecule has 29 heavy (non-hydrogen) atoms. The molecular formula is C17H18N6O6. The van der Waals surface area contributed by atoms with Gasteiger partial charge < -0.3 is 15.0 Å². The average Bonchev–Trinajstić information content (AvgIpc) is 2.73. The summed E-state index contributed by atoms with van der Waals surface area (Å²) < 4.78 is 5.31. The first kappa shape index (κ1) is 19.8. The molecule has 1 saturated heterocycles. The number of nitro benzene ring substituents is 2. The van der Waals surface area contributed by atoms with Crippen molar-refractivity contribution in [3.63, 3.8) is 0 Å². The highest BCUT2D eigenvalue weighted by molar-refractivity contribution is 5.90. The fourth-order valence-corrected chi connectivity index (χ4v) is 2.75. The fraction of sp³-hybridized carbons (Fsp3) is 0.235. The first-order chi connectivity index (χ1) is 13.9. The van der Waals surface area contributed by atoms with Crippen LogP contribution >= 0.6 is 0 Å². The van der Waals surface area contributed by atoms with Crippen molar-refractivity contribution in [3.8, 4) is 0 Å². The van der Waals surface area contributed by atoms with E-state index in [4.69, 9.17) is 4.74 Å². The molecule has 1 aliphatic heterocycles. The van der Waals surface area contributed by atoms with Crippen molar-refractivity contribution in [2.24, 2.45) is 0 Å². The summed E-state index contributed by atoms with van der Waals surface area (Å²) in [5, 5.41) is 24.4. The van der Waals surface area contributed by atoms with Gasteiger partial charge in [0.25, 0.3) is 5.69 Å². The number of carbonyl (C=O) groups excluding carboxylic acids is 1. The van der Waals surface area contributed by atoms with Crippen molar-refractivity contribution < 1.29 is 19.4 Å². The lowest BCUT2D eigenvalue weighted by Gasteiger charge is -2.28. The Balaban J connectivity index is 1.58. The Morgan fingerprint density at radius 1 is 1.00 bits per heavy atom. The molecule has 1 heterocycles. The molecule has 152 valence electrons. The summed E-state index contributed by atoms with van der Waals surface area (Å²) in [5.41, 5.74) is 5.16. The van der Waals surface area contributed by atoms with Gasteiger partial charge in [-0.05, 0) is 30.3 Å². The first-order valence-electron chi connectivity index (χ1n) is 8.62. The second kappa shape index (κ2) is 8.84. The van der Waals surface area contributed by atoms with Crippen LogP contribution < -0.4 is 21.1 Å². The lowest BCUT2D eigenvalue weighted by Crippen LogP contribution is -2.36. The topological polar surface area (TPSA) is 152 Å². The van der Waals surface area contributed by atoms with Crippen LogP contribution in [0, 0.1) is 20.2 Å². The molecule has 0 atom stereocenters. The van der Waals surface area contributed by atoms with Crippen molar-refractivity contribution in [1.82, 2.24) is 5.43 Å². The van der Waals surface area contributed by atoms with Crippen molar-refractivity contribution >= 4 is 34.5 Å². The third-order valence-corrected chi connectivity index (χ3v) is 4.20. The molecule has 0 aromatic heterocycles. The Kier molecular flexibility index (Phi) is 6.04. The molecule has 0 saturated carbocycles. The Morgan fingerprint density at radius 2 is 1.69 bits per heavy atom. The van der Waals surface area contributed by atoms with Gasteiger partial charge in [0.05, 0.1) is 29.1 Å². The SMILES string of the molecule is O=C(NNc1ccc([N+](=O)[O-])cc1[N+](=O)[O-])Nc1ccc(N2CCOCC2)cc1. The Bertz CT molecular complexity index is 913. The van der Waals surface area contributed by atoms with E-state index in [2.05, 4.69) is 21.1 Å². The van der Waals surface area contributed by atoms with E-state index >= 15 is 0 Å². The molecule has 1 aliphatic rings. The van der Waals surface area contributed by atoms with Crippen LogP contribution in [0.15, 0.2) is 42.5 Å². The standard InChI is InChI=1S/C17H18N6O6/c24-17(18-12-1-3-13(4-2-12)21-7-9-29-10-8-21)20-19-15-6-5-14(22(25)26)11-16(15)23(27)28/h1-6,11,19H,7-10H2,(H2,18,20,24). The van der Waals surface area contributed by atoms with Gasteiger partial charge in [-0.3, -0.25) is 31.1 Å². The summed E-state index contributed by atoms with van der Waals surface area (Å²) in [7, 11) is 0. The van der Waals surface area contributed by atoms with Crippen molar-refractivity contribution in [2.45, 2.75) is 0 Å². The van der Waals surface area contributed by atoms with Gasteiger partial charge in [0.15, 0.2) is 0 Å². The molecule has 1 fully saturated rings. The number of hydrazine groups is 1. The summed E-state index contributed by atoms with van der Waals surface area (Å²) >= 11 is 0. The molecule has 3 N–H and O–H groups in total. The van der Waals surface area contributed by atoms with E-state index in [0.29, 0.717) is 18.9 Å². The number of benzene rings is 2. The van der Waals surface area contributed by atoms with Crippen LogP contribution in [-0.4, -0.2) is 42.2 Å². The normalized spacial score (nSPS) is 13.4. The van der Waals surface area contributed by atoms with Crippen molar-refractivity contribution in [3.05, 3.63) is 62.7 Å². The number of hydrogen-bond donors (Lipinski definition) is 3. The van der Waals surface area contributed by atoms with E-state index in [0.717, 1.165) is 37.0 Å². The summed E-state index contributed by atoms with van der Waals surface area (Å²) in [6, 6.07) is 9.61. The summed E-state index contributed by atoms with van der Waals surface area (Å²) in [6.45, 7) is 2.93. The largest absolute Gasteiger partial charge is 0.378 e. The number of amides is 2. The van der Waals surface area contributed by atoms with Crippen LogP contribution in [0.3, 0.4) is 0 Å². The van der Waals surface area contributed by atoms with Gasteiger partial charge in [-0.1, -0.05) is 0 Å². The zero-order valence-corrected chi connectivity index (χ0v) is 15.2. The first-order valence-corrected chi connectivity index (χ1v) is 8.62. The number of ether oxygens (including phenoxy) is 1. The number of rotatable bonds is 6. The zero-order valence-electron chi connectivity index (χ0n) is 15.2. The minimum absolute atomic E-state index is 0.0848. The quantitative estimate of drug-likeness (QED) is 0.492. The third kappa shape index (κ3) is 5.07. The molecule has 12 nitrogen and oxygen atoms in total. The van der Waals surface area contributed by atoms with Crippen LogP contribution in [0.2, 0.25) is 0 Å². The minimum atomic E-state index is -0.778. The second-order valence-corrected chi connectivity index (χ2v) is 6.07.